The molecule has 30 heavy (non-hydrogen) atoms. The van der Waals surface area contributed by atoms with Crippen LogP contribution >= 0.6 is 11.8 Å². The molecular formula is C23H22N2O3S2. The molecule has 0 fully saturated rings. The lowest BCUT2D eigenvalue weighted by Crippen LogP contribution is -2.35. The largest absolute Gasteiger partial charge is 0.305 e. The fourth-order valence-corrected chi connectivity index (χ4v) is 5.26. The highest BCUT2D eigenvalue weighted by molar-refractivity contribution is 7.98. The van der Waals surface area contributed by atoms with Crippen molar-refractivity contribution in [2.45, 2.75) is 29.2 Å². The Morgan fingerprint density at radius 3 is 2.53 bits per heavy atom. The Hall–Kier alpha value is -2.77. The number of benzene rings is 3. The Balaban J connectivity index is 1.63. The van der Waals surface area contributed by atoms with Crippen molar-refractivity contribution in [1.29, 1.82) is 0 Å². The molecule has 0 bridgehead atoms. The number of sulfonamides is 1. The highest BCUT2D eigenvalue weighted by atomic mass is 32.2. The third-order valence-corrected chi connectivity index (χ3v) is 7.24. The monoisotopic (exact) mass is 438 g/mol. The number of nitrogens with one attached hydrogen (secondary N) is 1. The number of thioether (sulfide) groups is 1. The van der Waals surface area contributed by atoms with E-state index in [1.807, 2.05) is 43.5 Å². The normalized spacial score (nSPS) is 15.7. The first-order valence-electron chi connectivity index (χ1n) is 9.57. The van der Waals surface area contributed by atoms with Crippen LogP contribution in [0.3, 0.4) is 0 Å². The van der Waals surface area contributed by atoms with Gasteiger partial charge in [-0.05, 0) is 73.7 Å². The van der Waals surface area contributed by atoms with Crippen LogP contribution in [0.1, 0.15) is 22.8 Å². The summed E-state index contributed by atoms with van der Waals surface area (Å²) >= 11 is 1.55. The maximum absolute atomic E-state index is 13.0. The second-order valence-corrected chi connectivity index (χ2v) is 9.78. The molecule has 4 rings (SSSR count). The van der Waals surface area contributed by atoms with Crippen molar-refractivity contribution in [2.75, 3.05) is 15.9 Å². The molecule has 1 N–H and O–H groups in total. The molecule has 0 aromatic heterocycles. The highest BCUT2D eigenvalue weighted by Gasteiger charge is 2.32. The van der Waals surface area contributed by atoms with E-state index in [0.29, 0.717) is 17.7 Å². The third-order valence-electron chi connectivity index (χ3n) is 5.14. The third kappa shape index (κ3) is 3.95. The average molecular weight is 439 g/mol. The molecule has 3 aromatic carbocycles. The zero-order valence-corrected chi connectivity index (χ0v) is 18.3. The fourth-order valence-electron chi connectivity index (χ4n) is 3.70. The fraction of sp³-hybridized carbons (Fsp3) is 0.174. The van der Waals surface area contributed by atoms with Gasteiger partial charge in [-0.25, -0.2) is 8.42 Å². The number of fused-ring (bicyclic) bond motifs is 1. The average Bonchev–Trinajstić information content (AvgIpc) is 3.08. The molecule has 0 unspecified atom stereocenters. The molecule has 0 saturated carbocycles. The smallest absolute Gasteiger partial charge is 0.261 e. The van der Waals surface area contributed by atoms with E-state index in [0.717, 1.165) is 16.1 Å². The van der Waals surface area contributed by atoms with Gasteiger partial charge >= 0.3 is 0 Å². The summed E-state index contributed by atoms with van der Waals surface area (Å²) in [5.41, 5.74) is 2.76. The van der Waals surface area contributed by atoms with Gasteiger partial charge in [0.1, 0.15) is 0 Å². The second-order valence-electron chi connectivity index (χ2n) is 7.22. The number of hydrogen-bond acceptors (Lipinski definition) is 4. The van der Waals surface area contributed by atoms with Gasteiger partial charge in [0.25, 0.3) is 15.9 Å². The van der Waals surface area contributed by atoms with E-state index in [1.54, 1.807) is 59.1 Å². The maximum Gasteiger partial charge on any atom is 0.261 e. The molecular weight excluding hydrogens is 416 g/mol. The lowest BCUT2D eigenvalue weighted by molar-refractivity contribution is 0.0981. The van der Waals surface area contributed by atoms with Gasteiger partial charge in [0.2, 0.25) is 0 Å². The van der Waals surface area contributed by atoms with Crippen LogP contribution in [0.25, 0.3) is 0 Å². The minimum atomic E-state index is -3.73. The van der Waals surface area contributed by atoms with Crippen LogP contribution in [-0.4, -0.2) is 26.6 Å². The van der Waals surface area contributed by atoms with Gasteiger partial charge < -0.3 is 4.90 Å². The first-order chi connectivity index (χ1) is 14.4. The van der Waals surface area contributed by atoms with Crippen molar-refractivity contribution in [3.05, 3.63) is 83.9 Å². The Morgan fingerprint density at radius 2 is 1.80 bits per heavy atom. The summed E-state index contributed by atoms with van der Waals surface area (Å²) in [6.07, 6.45) is 2.55. The predicted octanol–water partition coefficient (Wildman–Crippen LogP) is 4.80. The minimum Gasteiger partial charge on any atom is -0.305 e. The van der Waals surface area contributed by atoms with Gasteiger partial charge in [-0.3, -0.25) is 9.52 Å². The van der Waals surface area contributed by atoms with Crippen molar-refractivity contribution in [1.82, 2.24) is 0 Å². The standard InChI is InChI=1S/C23H22N2O3S2/c1-16-13-18-14-21(30(27,28)24-19-9-6-10-20(15-19)29-2)11-12-22(18)25(16)23(26)17-7-4-3-5-8-17/h3-12,14-16,24H,13H2,1-2H3/t16-/m1/s1. The van der Waals surface area contributed by atoms with Gasteiger partial charge in [0, 0.05) is 27.9 Å². The van der Waals surface area contributed by atoms with Crippen molar-refractivity contribution in [2.24, 2.45) is 0 Å². The molecule has 1 heterocycles. The van der Waals surface area contributed by atoms with Crippen LogP contribution in [0.5, 0.6) is 0 Å². The van der Waals surface area contributed by atoms with Gasteiger partial charge in [-0.2, -0.15) is 0 Å². The van der Waals surface area contributed by atoms with E-state index < -0.39 is 10.0 Å². The van der Waals surface area contributed by atoms with E-state index in [4.69, 9.17) is 0 Å². The van der Waals surface area contributed by atoms with E-state index in [-0.39, 0.29) is 16.8 Å². The van der Waals surface area contributed by atoms with Gasteiger partial charge in [-0.1, -0.05) is 24.3 Å². The first kappa shape index (κ1) is 20.5. The molecule has 1 atom stereocenters. The van der Waals surface area contributed by atoms with Crippen LogP contribution < -0.4 is 9.62 Å². The van der Waals surface area contributed by atoms with Crippen molar-refractivity contribution >= 4 is 39.1 Å². The number of rotatable bonds is 5. The Kier molecular flexibility index (Phi) is 5.58. The van der Waals surface area contributed by atoms with E-state index in [1.165, 1.54) is 0 Å². The van der Waals surface area contributed by atoms with E-state index >= 15 is 0 Å². The molecule has 3 aromatic rings. The van der Waals surface area contributed by atoms with Gasteiger partial charge in [0.15, 0.2) is 0 Å². The highest BCUT2D eigenvalue weighted by Crippen LogP contribution is 2.35. The molecule has 0 radical (unpaired) electrons. The zero-order chi connectivity index (χ0) is 21.3. The molecule has 5 nitrogen and oxygen atoms in total. The van der Waals surface area contributed by atoms with Crippen molar-refractivity contribution in [3.63, 3.8) is 0 Å². The molecule has 154 valence electrons. The topological polar surface area (TPSA) is 66.5 Å². The lowest BCUT2D eigenvalue weighted by atomic mass is 10.1. The quantitative estimate of drug-likeness (QED) is 0.581. The summed E-state index contributed by atoms with van der Waals surface area (Å²) in [5, 5.41) is 0. The summed E-state index contributed by atoms with van der Waals surface area (Å²) in [7, 11) is -3.73. The number of anilines is 2. The van der Waals surface area contributed by atoms with Crippen LogP contribution in [0, 0.1) is 0 Å². The molecule has 1 amide bonds. The number of hydrogen-bond donors (Lipinski definition) is 1. The van der Waals surface area contributed by atoms with E-state index in [9.17, 15) is 13.2 Å². The Labute approximate surface area is 181 Å². The molecule has 0 spiro atoms. The van der Waals surface area contributed by atoms with Crippen LogP contribution in [0.2, 0.25) is 0 Å². The van der Waals surface area contributed by atoms with Gasteiger partial charge in [-0.15, -0.1) is 11.8 Å². The van der Waals surface area contributed by atoms with Crippen LogP contribution in [0.4, 0.5) is 11.4 Å². The lowest BCUT2D eigenvalue weighted by Gasteiger charge is -2.23. The molecule has 7 heteroatoms. The predicted molar refractivity (Wildman–Crippen MR) is 122 cm³/mol. The molecule has 0 aliphatic carbocycles. The van der Waals surface area contributed by atoms with Crippen LogP contribution in [0.15, 0.2) is 82.6 Å². The summed E-state index contributed by atoms with van der Waals surface area (Å²) in [4.78, 5) is 15.9. The van der Waals surface area contributed by atoms with Crippen molar-refractivity contribution < 1.29 is 13.2 Å². The second kappa shape index (κ2) is 8.16. The van der Waals surface area contributed by atoms with Gasteiger partial charge in [0.05, 0.1) is 4.90 Å². The summed E-state index contributed by atoms with van der Waals surface area (Å²) in [6.45, 7) is 1.97. The summed E-state index contributed by atoms with van der Waals surface area (Å²) < 4.78 is 28.5. The molecule has 0 saturated heterocycles. The van der Waals surface area contributed by atoms with Crippen molar-refractivity contribution in [3.8, 4) is 0 Å². The SMILES string of the molecule is CSc1cccc(NS(=O)(=O)c2ccc3c(c2)C[C@@H](C)N3C(=O)c2ccccc2)c1. The molecule has 1 aliphatic heterocycles. The maximum atomic E-state index is 13.0. The summed E-state index contributed by atoms with van der Waals surface area (Å²) in [5.74, 6) is -0.0792. The minimum absolute atomic E-state index is 0.0446. The van der Waals surface area contributed by atoms with Crippen LogP contribution in [-0.2, 0) is 16.4 Å². The molecule has 1 aliphatic rings. The first-order valence-corrected chi connectivity index (χ1v) is 12.3. The number of nitrogens with zero attached hydrogens (tertiary/aromatic N) is 1. The zero-order valence-electron chi connectivity index (χ0n) is 16.7. The van der Waals surface area contributed by atoms with E-state index in [2.05, 4.69) is 4.72 Å². The number of carbonyl (C=O) groups is 1. The summed E-state index contributed by atoms with van der Waals surface area (Å²) in [6, 6.07) is 21.3. The number of carbonyl (C=O) groups excluding carboxylic acids is 1. The number of amides is 1. The Morgan fingerprint density at radius 1 is 1.03 bits per heavy atom. The Bertz CT molecular complexity index is 1190.